The van der Waals surface area contributed by atoms with Crippen LogP contribution in [0.5, 0.6) is 0 Å². The SMILES string of the molecule is CCOC(=O)/C(=C/C=C\[NH+](C)O)CC.CCOC=O. The third kappa shape index (κ3) is 14.3. The van der Waals surface area contributed by atoms with Crippen molar-refractivity contribution < 1.29 is 29.3 Å². The molecule has 0 radical (unpaired) electrons. The van der Waals surface area contributed by atoms with E-state index in [1.54, 1.807) is 33.0 Å². The number of allylic oxidation sites excluding steroid dienone is 2. The highest BCUT2D eigenvalue weighted by molar-refractivity contribution is 5.88. The van der Waals surface area contributed by atoms with Gasteiger partial charge in [0.05, 0.1) is 13.2 Å². The summed E-state index contributed by atoms with van der Waals surface area (Å²) in [6.45, 7) is 6.70. The number of hydroxylamine groups is 2. The molecule has 2 N–H and O–H groups in total. The van der Waals surface area contributed by atoms with E-state index in [9.17, 15) is 9.59 Å². The topological polar surface area (TPSA) is 77.3 Å². The van der Waals surface area contributed by atoms with Crippen molar-refractivity contribution in [1.82, 2.24) is 0 Å². The van der Waals surface area contributed by atoms with Gasteiger partial charge in [-0.2, -0.15) is 5.06 Å². The van der Waals surface area contributed by atoms with Gasteiger partial charge in [0, 0.05) is 5.57 Å². The van der Waals surface area contributed by atoms with E-state index in [0.29, 0.717) is 31.7 Å². The Morgan fingerprint density at radius 1 is 1.26 bits per heavy atom. The minimum absolute atomic E-state index is 0.209. The van der Waals surface area contributed by atoms with Gasteiger partial charge in [-0.1, -0.05) is 6.92 Å². The molecule has 0 aromatic carbocycles. The summed E-state index contributed by atoms with van der Waals surface area (Å²) in [6, 6.07) is 0. The Morgan fingerprint density at radius 2 is 1.89 bits per heavy atom. The van der Waals surface area contributed by atoms with Crippen LogP contribution < -0.4 is 5.06 Å². The highest BCUT2D eigenvalue weighted by Crippen LogP contribution is 2.03. The fourth-order valence-corrected chi connectivity index (χ4v) is 0.926. The van der Waals surface area contributed by atoms with Gasteiger partial charge in [-0.3, -0.25) is 4.79 Å². The van der Waals surface area contributed by atoms with Crippen LogP contribution in [-0.4, -0.2) is 37.9 Å². The molecule has 0 rings (SSSR count). The smallest absolute Gasteiger partial charge is 0.333 e. The summed E-state index contributed by atoms with van der Waals surface area (Å²) >= 11 is 0. The van der Waals surface area contributed by atoms with Gasteiger partial charge in [0.15, 0.2) is 0 Å². The Bertz CT molecular complexity index is 297. The summed E-state index contributed by atoms with van der Waals surface area (Å²) in [6.07, 6.45) is 5.42. The highest BCUT2D eigenvalue weighted by Gasteiger charge is 2.06. The van der Waals surface area contributed by atoms with E-state index in [-0.39, 0.29) is 11.0 Å². The van der Waals surface area contributed by atoms with Crippen molar-refractivity contribution in [2.24, 2.45) is 0 Å². The second kappa shape index (κ2) is 14.4. The molecular weight excluding hydrogens is 250 g/mol. The zero-order chi connectivity index (χ0) is 15.1. The monoisotopic (exact) mass is 274 g/mol. The summed E-state index contributed by atoms with van der Waals surface area (Å²) in [5.41, 5.74) is 0.601. The molecule has 0 aliphatic carbocycles. The molecule has 6 nitrogen and oxygen atoms in total. The lowest BCUT2D eigenvalue weighted by Gasteiger charge is -2.02. The molecule has 0 saturated carbocycles. The van der Waals surface area contributed by atoms with Gasteiger partial charge in [-0.05, 0) is 32.4 Å². The van der Waals surface area contributed by atoms with Crippen molar-refractivity contribution in [3.8, 4) is 0 Å². The Kier molecular flexibility index (Phi) is 14.9. The number of ether oxygens (including phenoxy) is 2. The van der Waals surface area contributed by atoms with E-state index in [4.69, 9.17) is 9.94 Å². The van der Waals surface area contributed by atoms with Crippen LogP contribution in [0.2, 0.25) is 0 Å². The second-order valence-corrected chi connectivity index (χ2v) is 3.32. The van der Waals surface area contributed by atoms with Crippen LogP contribution in [0.15, 0.2) is 23.9 Å². The average molecular weight is 274 g/mol. The van der Waals surface area contributed by atoms with Gasteiger partial charge < -0.3 is 9.47 Å². The maximum absolute atomic E-state index is 11.3. The molecule has 0 aromatic heterocycles. The zero-order valence-electron chi connectivity index (χ0n) is 12.0. The van der Waals surface area contributed by atoms with Crippen LogP contribution in [0.1, 0.15) is 27.2 Å². The van der Waals surface area contributed by atoms with Gasteiger partial charge in [0.1, 0.15) is 13.2 Å². The van der Waals surface area contributed by atoms with Crippen molar-refractivity contribution in [2.45, 2.75) is 27.2 Å². The number of carbonyl (C=O) groups is 2. The standard InChI is InChI=1S/C10H17NO3.C3H6O2/c1-4-9(10(12)14-5-2)7-6-8-11(3)13;1-2-5-3-4/h6-8,13H,4-5H2,1-3H3;3H,2H2,1H3/p+1/b8-6-,9-7+;. The second-order valence-electron chi connectivity index (χ2n) is 3.32. The highest BCUT2D eigenvalue weighted by atomic mass is 16.5. The van der Waals surface area contributed by atoms with Crippen LogP contribution >= 0.6 is 0 Å². The van der Waals surface area contributed by atoms with Crippen LogP contribution in [0.25, 0.3) is 0 Å². The molecule has 0 bridgehead atoms. The van der Waals surface area contributed by atoms with Crippen molar-refractivity contribution in [3.63, 3.8) is 0 Å². The van der Waals surface area contributed by atoms with Crippen LogP contribution in [0, 0.1) is 0 Å². The van der Waals surface area contributed by atoms with Gasteiger partial charge >= 0.3 is 5.97 Å². The Morgan fingerprint density at radius 3 is 2.21 bits per heavy atom. The fraction of sp³-hybridized carbons (Fsp3) is 0.538. The van der Waals surface area contributed by atoms with E-state index < -0.39 is 0 Å². The van der Waals surface area contributed by atoms with E-state index >= 15 is 0 Å². The molecule has 19 heavy (non-hydrogen) atoms. The van der Waals surface area contributed by atoms with Crippen molar-refractivity contribution >= 4 is 12.4 Å². The quantitative estimate of drug-likeness (QED) is 0.232. The molecule has 6 heteroatoms. The summed E-state index contributed by atoms with van der Waals surface area (Å²) in [5.74, 6) is -0.296. The van der Waals surface area contributed by atoms with Crippen LogP contribution in [-0.2, 0) is 19.1 Å². The molecule has 0 spiro atoms. The van der Waals surface area contributed by atoms with Crippen molar-refractivity contribution in [2.75, 3.05) is 20.3 Å². The largest absolute Gasteiger partial charge is 0.468 e. The van der Waals surface area contributed by atoms with Crippen LogP contribution in [0.3, 0.4) is 0 Å². The molecule has 0 aromatic rings. The lowest BCUT2D eigenvalue weighted by molar-refractivity contribution is -1.03. The molecule has 0 aliphatic rings. The number of esters is 1. The minimum Gasteiger partial charge on any atom is -0.468 e. The predicted molar refractivity (Wildman–Crippen MR) is 70.5 cm³/mol. The summed E-state index contributed by atoms with van der Waals surface area (Å²) in [7, 11) is 1.57. The third-order valence-corrected chi connectivity index (χ3v) is 1.79. The summed E-state index contributed by atoms with van der Waals surface area (Å²) < 4.78 is 8.99. The molecule has 1 atom stereocenters. The van der Waals surface area contributed by atoms with Gasteiger partial charge in [-0.25, -0.2) is 10.0 Å². The minimum atomic E-state index is -0.296. The first-order valence-electron chi connectivity index (χ1n) is 6.15. The summed E-state index contributed by atoms with van der Waals surface area (Å²) in [4.78, 5) is 20.4. The van der Waals surface area contributed by atoms with E-state index in [0.717, 1.165) is 0 Å². The normalized spacial score (nSPS) is 12.4. The predicted octanol–water partition coefficient (Wildman–Crippen LogP) is 0.483. The number of carbonyl (C=O) groups excluding carboxylic acids is 2. The number of hydrogen-bond donors (Lipinski definition) is 2. The Balaban J connectivity index is 0. The Labute approximate surface area is 114 Å². The molecule has 1 unspecified atom stereocenters. The Hall–Kier alpha value is -1.66. The summed E-state index contributed by atoms with van der Waals surface area (Å²) in [5, 5.41) is 9.07. The van der Waals surface area contributed by atoms with E-state index in [1.165, 1.54) is 6.20 Å². The molecule has 0 saturated heterocycles. The number of quaternary nitrogens is 1. The number of rotatable bonds is 7. The fourth-order valence-electron chi connectivity index (χ4n) is 0.926. The van der Waals surface area contributed by atoms with Gasteiger partial charge in [-0.15, -0.1) is 0 Å². The van der Waals surface area contributed by atoms with Crippen molar-refractivity contribution in [3.05, 3.63) is 23.9 Å². The average Bonchev–Trinajstić information content (AvgIpc) is 2.36. The molecule has 0 fully saturated rings. The first-order chi connectivity index (χ1) is 9.03. The first-order valence-corrected chi connectivity index (χ1v) is 6.15. The maximum Gasteiger partial charge on any atom is 0.333 e. The molecule has 110 valence electrons. The molecular formula is C13H24NO5+. The lowest BCUT2D eigenvalue weighted by atomic mass is 10.2. The van der Waals surface area contributed by atoms with Crippen LogP contribution in [0.4, 0.5) is 0 Å². The lowest BCUT2D eigenvalue weighted by Crippen LogP contribution is -3.01. The zero-order valence-corrected chi connectivity index (χ0v) is 12.0. The van der Waals surface area contributed by atoms with E-state index in [2.05, 4.69) is 4.74 Å². The van der Waals surface area contributed by atoms with Gasteiger partial charge in [0.2, 0.25) is 0 Å². The maximum atomic E-state index is 11.3. The molecule has 0 aliphatic heterocycles. The number of nitrogens with one attached hydrogen (secondary N) is 1. The van der Waals surface area contributed by atoms with Gasteiger partial charge in [0.25, 0.3) is 6.47 Å². The van der Waals surface area contributed by atoms with E-state index in [1.807, 2.05) is 6.92 Å². The van der Waals surface area contributed by atoms with Crippen molar-refractivity contribution in [1.29, 1.82) is 0 Å². The molecule has 0 heterocycles. The molecule has 0 amide bonds. The number of hydrogen-bond acceptors (Lipinski definition) is 5. The first kappa shape index (κ1) is 19.7. The third-order valence-electron chi connectivity index (χ3n) is 1.79.